The maximum Gasteiger partial charge on any atom is 0.339 e. The van der Waals surface area contributed by atoms with E-state index in [1.165, 1.54) is 6.07 Å². The fraction of sp³-hybridized carbons (Fsp3) is 0.269. The van der Waals surface area contributed by atoms with Gasteiger partial charge < -0.3 is 29.7 Å². The zero-order valence-corrected chi connectivity index (χ0v) is 19.0. The first-order valence-electron chi connectivity index (χ1n) is 11.3. The number of aromatic amines is 1. The Bertz CT molecular complexity index is 1530. The van der Waals surface area contributed by atoms with Gasteiger partial charge in [0.2, 0.25) is 0 Å². The third-order valence-corrected chi connectivity index (χ3v) is 6.51. The van der Waals surface area contributed by atoms with Crippen molar-refractivity contribution in [3.05, 3.63) is 69.2 Å². The number of aliphatic carboxylic acids is 1. The predicted molar refractivity (Wildman–Crippen MR) is 128 cm³/mol. The highest BCUT2D eigenvalue weighted by atomic mass is 16.5. The molecule has 5 rings (SSSR count). The Morgan fingerprint density at radius 1 is 1.17 bits per heavy atom. The SMILES string of the molecule is Cc1c(OCC(=O)N[C@H](Cc2c[nH]c3ccc(O)cc23)C(=O)O)ccc2c3c(c(=O)oc12)CCC3. The molecule has 0 saturated heterocycles. The molecule has 0 bridgehead atoms. The van der Waals surface area contributed by atoms with Gasteiger partial charge in [-0.25, -0.2) is 9.59 Å². The predicted octanol–water partition coefficient (Wildman–Crippen LogP) is 2.97. The van der Waals surface area contributed by atoms with Crippen LogP contribution in [0.15, 0.2) is 45.7 Å². The van der Waals surface area contributed by atoms with Crippen LogP contribution >= 0.6 is 0 Å². The number of rotatable bonds is 7. The van der Waals surface area contributed by atoms with E-state index < -0.39 is 24.5 Å². The van der Waals surface area contributed by atoms with Crippen molar-refractivity contribution >= 4 is 33.7 Å². The lowest BCUT2D eigenvalue weighted by atomic mass is 10.0. The third kappa shape index (κ3) is 4.21. The molecule has 2 aromatic carbocycles. The Kier molecular flexibility index (Phi) is 5.68. The van der Waals surface area contributed by atoms with E-state index in [1.54, 1.807) is 31.3 Å². The lowest BCUT2D eigenvalue weighted by Gasteiger charge is -2.16. The number of carbonyl (C=O) groups excluding carboxylic acids is 1. The normalized spacial score (nSPS) is 13.6. The number of carbonyl (C=O) groups is 2. The number of hydrogen-bond acceptors (Lipinski definition) is 6. The number of phenolic OH excluding ortho intramolecular Hbond substituents is 1. The number of amides is 1. The molecule has 4 aromatic rings. The number of aromatic nitrogens is 1. The zero-order chi connectivity index (χ0) is 24.7. The maximum atomic E-state index is 12.5. The molecule has 0 radical (unpaired) electrons. The van der Waals surface area contributed by atoms with Crippen LogP contribution in [-0.4, -0.2) is 39.7 Å². The number of phenols is 1. The van der Waals surface area contributed by atoms with Crippen LogP contribution in [0.2, 0.25) is 0 Å². The Morgan fingerprint density at radius 2 is 1.97 bits per heavy atom. The summed E-state index contributed by atoms with van der Waals surface area (Å²) < 4.78 is 11.2. The van der Waals surface area contributed by atoms with Crippen molar-refractivity contribution in [1.82, 2.24) is 10.3 Å². The number of aromatic hydroxyl groups is 1. The van der Waals surface area contributed by atoms with Gasteiger partial charge in [0.1, 0.15) is 23.1 Å². The van der Waals surface area contributed by atoms with E-state index in [4.69, 9.17) is 9.15 Å². The van der Waals surface area contributed by atoms with Gasteiger partial charge in [0, 0.05) is 40.0 Å². The first-order valence-corrected chi connectivity index (χ1v) is 11.3. The van der Waals surface area contributed by atoms with Gasteiger partial charge in [0.05, 0.1) is 0 Å². The molecule has 1 aliphatic carbocycles. The average molecular weight is 476 g/mol. The van der Waals surface area contributed by atoms with Crippen LogP contribution in [0.1, 0.15) is 28.7 Å². The first kappa shape index (κ1) is 22.5. The van der Waals surface area contributed by atoms with Crippen molar-refractivity contribution in [2.45, 2.75) is 38.6 Å². The van der Waals surface area contributed by atoms with Crippen LogP contribution in [0.5, 0.6) is 11.5 Å². The van der Waals surface area contributed by atoms with Crippen molar-refractivity contribution < 1.29 is 29.0 Å². The molecule has 2 aromatic heterocycles. The average Bonchev–Trinajstić information content (AvgIpc) is 3.47. The van der Waals surface area contributed by atoms with Crippen molar-refractivity contribution in [2.24, 2.45) is 0 Å². The second-order valence-corrected chi connectivity index (χ2v) is 8.76. The first-order chi connectivity index (χ1) is 16.8. The summed E-state index contributed by atoms with van der Waals surface area (Å²) in [5.41, 5.74) is 3.86. The van der Waals surface area contributed by atoms with E-state index in [2.05, 4.69) is 10.3 Å². The topological polar surface area (TPSA) is 142 Å². The number of hydrogen-bond donors (Lipinski definition) is 4. The Balaban J connectivity index is 1.30. The van der Waals surface area contributed by atoms with E-state index in [0.717, 1.165) is 41.3 Å². The minimum Gasteiger partial charge on any atom is -0.508 e. The smallest absolute Gasteiger partial charge is 0.339 e. The van der Waals surface area contributed by atoms with Gasteiger partial charge in [-0.15, -0.1) is 0 Å². The number of carboxylic acids is 1. The van der Waals surface area contributed by atoms with Gasteiger partial charge >= 0.3 is 11.6 Å². The molecule has 0 spiro atoms. The lowest BCUT2D eigenvalue weighted by molar-refractivity contribution is -0.142. The second kappa shape index (κ2) is 8.83. The molecule has 35 heavy (non-hydrogen) atoms. The number of H-pyrrole nitrogens is 1. The van der Waals surface area contributed by atoms with Gasteiger partial charge in [-0.1, -0.05) is 0 Å². The van der Waals surface area contributed by atoms with Crippen LogP contribution in [0.3, 0.4) is 0 Å². The molecule has 1 atom stereocenters. The molecule has 1 aliphatic rings. The summed E-state index contributed by atoms with van der Waals surface area (Å²) in [5.74, 6) is -1.35. The van der Waals surface area contributed by atoms with E-state index in [9.17, 15) is 24.6 Å². The summed E-state index contributed by atoms with van der Waals surface area (Å²) in [6.07, 6.45) is 4.14. The van der Waals surface area contributed by atoms with Gasteiger partial charge in [-0.3, -0.25) is 4.79 Å². The summed E-state index contributed by atoms with van der Waals surface area (Å²) >= 11 is 0. The fourth-order valence-electron chi connectivity index (χ4n) is 4.75. The summed E-state index contributed by atoms with van der Waals surface area (Å²) in [5, 5.41) is 23.4. The Morgan fingerprint density at radius 3 is 2.77 bits per heavy atom. The van der Waals surface area contributed by atoms with Crippen LogP contribution in [0.4, 0.5) is 0 Å². The molecule has 180 valence electrons. The van der Waals surface area contributed by atoms with Crippen molar-refractivity contribution in [3.8, 4) is 11.5 Å². The number of fused-ring (bicyclic) bond motifs is 4. The molecule has 2 heterocycles. The lowest BCUT2D eigenvalue weighted by Crippen LogP contribution is -2.44. The monoisotopic (exact) mass is 476 g/mol. The van der Waals surface area contributed by atoms with Crippen molar-refractivity contribution in [1.29, 1.82) is 0 Å². The van der Waals surface area contributed by atoms with Crippen molar-refractivity contribution in [3.63, 3.8) is 0 Å². The third-order valence-electron chi connectivity index (χ3n) is 6.51. The summed E-state index contributed by atoms with van der Waals surface area (Å²) in [6.45, 7) is 1.35. The van der Waals surface area contributed by atoms with Crippen LogP contribution in [-0.2, 0) is 28.9 Å². The fourth-order valence-corrected chi connectivity index (χ4v) is 4.75. The minimum absolute atomic E-state index is 0.0236. The highest BCUT2D eigenvalue weighted by Gasteiger charge is 2.24. The highest BCUT2D eigenvalue weighted by molar-refractivity contribution is 5.88. The zero-order valence-electron chi connectivity index (χ0n) is 19.0. The van der Waals surface area contributed by atoms with Crippen LogP contribution in [0.25, 0.3) is 21.9 Å². The Hall–Kier alpha value is -4.27. The second-order valence-electron chi connectivity index (χ2n) is 8.76. The maximum absolute atomic E-state index is 12.5. The van der Waals surface area contributed by atoms with Crippen LogP contribution < -0.4 is 15.7 Å². The summed E-state index contributed by atoms with van der Waals surface area (Å²) in [6, 6.07) is 7.14. The van der Waals surface area contributed by atoms with E-state index >= 15 is 0 Å². The van der Waals surface area contributed by atoms with Gasteiger partial charge in [0.15, 0.2) is 6.61 Å². The number of nitrogens with one attached hydrogen (secondary N) is 2. The van der Waals surface area contributed by atoms with E-state index in [0.29, 0.717) is 27.8 Å². The van der Waals surface area contributed by atoms with Crippen molar-refractivity contribution in [2.75, 3.05) is 6.61 Å². The van der Waals surface area contributed by atoms with Crippen LogP contribution in [0, 0.1) is 6.92 Å². The molecule has 1 amide bonds. The summed E-state index contributed by atoms with van der Waals surface area (Å²) in [4.78, 5) is 39.7. The van der Waals surface area contributed by atoms with E-state index in [1.807, 2.05) is 6.07 Å². The molecule has 0 aliphatic heterocycles. The highest BCUT2D eigenvalue weighted by Crippen LogP contribution is 2.33. The Labute approximate surface area is 199 Å². The molecule has 9 heteroatoms. The number of aryl methyl sites for hydroxylation is 2. The number of ether oxygens (including phenoxy) is 1. The molecule has 0 saturated carbocycles. The molecule has 0 fully saturated rings. The van der Waals surface area contributed by atoms with Gasteiger partial charge in [-0.2, -0.15) is 0 Å². The molecular weight excluding hydrogens is 452 g/mol. The largest absolute Gasteiger partial charge is 0.508 e. The number of benzene rings is 2. The standard InChI is InChI=1S/C26H24N2O7/c1-13-22(8-6-17-16-3-2-4-18(16)26(33)35-24(13)17)34-12-23(30)28-21(25(31)32)9-14-11-27-20-7-5-15(29)10-19(14)20/h5-8,10-11,21,27,29H,2-4,9,12H2,1H3,(H,28,30)(H,31,32)/t21-/m1/s1. The van der Waals surface area contributed by atoms with Gasteiger partial charge in [-0.05, 0) is 67.6 Å². The molecule has 9 nitrogen and oxygen atoms in total. The molecule has 0 unspecified atom stereocenters. The minimum atomic E-state index is -1.19. The molecular formula is C26H24N2O7. The number of carboxylic acid groups (broad SMARTS) is 1. The molecule has 4 N–H and O–H groups in total. The quantitative estimate of drug-likeness (QED) is 0.300. The van der Waals surface area contributed by atoms with Gasteiger partial charge in [0.25, 0.3) is 5.91 Å². The van der Waals surface area contributed by atoms with E-state index in [-0.39, 0.29) is 17.8 Å². The summed E-state index contributed by atoms with van der Waals surface area (Å²) in [7, 11) is 0.